The van der Waals surface area contributed by atoms with Crippen LogP contribution in [0.25, 0.3) is 0 Å². The smallest absolute Gasteiger partial charge is 0.233 e. The topological polar surface area (TPSA) is 29.1 Å². The molecule has 0 bridgehead atoms. The van der Waals surface area contributed by atoms with E-state index in [-0.39, 0.29) is 11.8 Å². The predicted octanol–water partition coefficient (Wildman–Crippen LogP) is 5.57. The highest BCUT2D eigenvalue weighted by Crippen LogP contribution is 2.40. The van der Waals surface area contributed by atoms with E-state index in [1.165, 1.54) is 49.6 Å². The summed E-state index contributed by atoms with van der Waals surface area (Å²) in [4.78, 5) is 12.5. The van der Waals surface area contributed by atoms with Gasteiger partial charge in [-0.25, -0.2) is 0 Å². The number of rotatable bonds is 4. The summed E-state index contributed by atoms with van der Waals surface area (Å²) < 4.78 is 2.86. The molecule has 0 unspecified atom stereocenters. The fourth-order valence-electron chi connectivity index (χ4n) is 2.88. The van der Waals surface area contributed by atoms with E-state index >= 15 is 0 Å². The van der Waals surface area contributed by atoms with E-state index in [0.29, 0.717) is 10.9 Å². The van der Waals surface area contributed by atoms with E-state index in [1.807, 2.05) is 12.1 Å². The van der Waals surface area contributed by atoms with Crippen LogP contribution in [0.15, 0.2) is 17.0 Å². The third-order valence-electron chi connectivity index (χ3n) is 4.31. The van der Waals surface area contributed by atoms with Crippen molar-refractivity contribution >= 4 is 41.1 Å². The summed E-state index contributed by atoms with van der Waals surface area (Å²) in [6.07, 6.45) is 8.26. The van der Waals surface area contributed by atoms with Gasteiger partial charge >= 0.3 is 0 Å². The maximum Gasteiger partial charge on any atom is 0.233 e. The van der Waals surface area contributed by atoms with Crippen LogP contribution in [0.4, 0.5) is 0 Å². The van der Waals surface area contributed by atoms with E-state index in [9.17, 15) is 4.79 Å². The van der Waals surface area contributed by atoms with Crippen LogP contribution in [0.5, 0.6) is 0 Å². The lowest BCUT2D eigenvalue weighted by Crippen LogP contribution is -2.17. The number of benzene rings is 1. The van der Waals surface area contributed by atoms with Gasteiger partial charge in [0, 0.05) is 15.8 Å². The van der Waals surface area contributed by atoms with Crippen molar-refractivity contribution in [1.29, 1.82) is 0 Å². The molecule has 0 spiro atoms. The van der Waals surface area contributed by atoms with Crippen molar-refractivity contribution in [2.75, 3.05) is 0 Å². The predicted molar refractivity (Wildman–Crippen MR) is 89.0 cm³/mol. The third-order valence-corrected chi connectivity index (χ3v) is 5.92. The molecule has 0 radical (unpaired) electrons. The van der Waals surface area contributed by atoms with Gasteiger partial charge in [0.1, 0.15) is 0 Å². The van der Waals surface area contributed by atoms with E-state index < -0.39 is 0 Å². The Morgan fingerprint density at radius 1 is 1.05 bits per heavy atom. The summed E-state index contributed by atoms with van der Waals surface area (Å²) in [7, 11) is 0. The van der Waals surface area contributed by atoms with E-state index in [4.69, 9.17) is 23.2 Å². The molecule has 2 aliphatic rings. The Morgan fingerprint density at radius 2 is 1.76 bits per heavy atom. The zero-order valence-corrected chi connectivity index (χ0v) is 14.2. The molecule has 2 fully saturated rings. The molecule has 1 aromatic rings. The quantitative estimate of drug-likeness (QED) is 0.723. The second kappa shape index (κ2) is 6.80. The monoisotopic (exact) mass is 343 g/mol. The van der Waals surface area contributed by atoms with E-state index in [1.54, 1.807) is 0 Å². The van der Waals surface area contributed by atoms with E-state index in [2.05, 4.69) is 4.72 Å². The van der Waals surface area contributed by atoms with Crippen molar-refractivity contribution in [3.05, 3.63) is 27.7 Å². The molecular formula is C16H19Cl2NOS. The number of carbonyl (C=O) groups is 1. The minimum Gasteiger partial charge on any atom is -0.296 e. The number of hydrogen-bond donors (Lipinski definition) is 1. The Bertz CT molecular complexity index is 539. The highest BCUT2D eigenvalue weighted by atomic mass is 35.5. The minimum atomic E-state index is 0.101. The normalized spacial score (nSPS) is 19.5. The van der Waals surface area contributed by atoms with Gasteiger partial charge in [-0.2, -0.15) is 0 Å². The molecule has 1 aromatic carbocycles. The SMILES string of the molecule is O=C(NSc1cc(Cl)c(C2CCCCC2)cc1Cl)C1CC1. The van der Waals surface area contributed by atoms with Gasteiger partial charge in [-0.05, 0) is 61.2 Å². The molecule has 0 aromatic heterocycles. The van der Waals surface area contributed by atoms with Crippen molar-refractivity contribution in [2.24, 2.45) is 5.92 Å². The Balaban J connectivity index is 1.70. The largest absolute Gasteiger partial charge is 0.296 e. The van der Waals surface area contributed by atoms with Gasteiger partial charge in [-0.3, -0.25) is 9.52 Å². The van der Waals surface area contributed by atoms with Crippen LogP contribution in [0.1, 0.15) is 56.4 Å². The summed E-state index contributed by atoms with van der Waals surface area (Å²) in [6, 6.07) is 3.89. The van der Waals surface area contributed by atoms with Gasteiger partial charge in [-0.1, -0.05) is 42.5 Å². The number of amides is 1. The summed E-state index contributed by atoms with van der Waals surface area (Å²) >= 11 is 14.1. The standard InChI is InChI=1S/C16H19Cl2NOS/c17-13-9-15(21-19-16(20)11-6-7-11)14(18)8-12(13)10-4-2-1-3-5-10/h8-11H,1-7H2,(H,19,20). The molecule has 21 heavy (non-hydrogen) atoms. The summed E-state index contributed by atoms with van der Waals surface area (Å²) in [5.41, 5.74) is 1.17. The van der Waals surface area contributed by atoms with Gasteiger partial charge in [0.05, 0.1) is 5.02 Å². The van der Waals surface area contributed by atoms with Crippen LogP contribution < -0.4 is 4.72 Å². The lowest BCUT2D eigenvalue weighted by atomic mass is 9.84. The van der Waals surface area contributed by atoms with Crippen LogP contribution >= 0.6 is 35.1 Å². The zero-order valence-electron chi connectivity index (χ0n) is 11.8. The number of nitrogens with one attached hydrogen (secondary N) is 1. The molecule has 5 heteroatoms. The second-order valence-corrected chi connectivity index (χ2v) is 7.64. The maximum atomic E-state index is 11.7. The summed E-state index contributed by atoms with van der Waals surface area (Å²) in [6.45, 7) is 0. The van der Waals surface area contributed by atoms with Crippen LogP contribution in [-0.2, 0) is 4.79 Å². The Kier molecular flexibility index (Phi) is 5.03. The molecule has 3 rings (SSSR count). The molecule has 2 aliphatic carbocycles. The first-order valence-corrected chi connectivity index (χ1v) is 9.18. The molecule has 1 N–H and O–H groups in total. The van der Waals surface area contributed by atoms with Gasteiger partial charge in [-0.15, -0.1) is 0 Å². The first-order chi connectivity index (χ1) is 10.1. The van der Waals surface area contributed by atoms with Crippen molar-refractivity contribution in [1.82, 2.24) is 4.72 Å². The minimum absolute atomic E-state index is 0.101. The summed E-state index contributed by atoms with van der Waals surface area (Å²) in [5.74, 6) is 0.834. The van der Waals surface area contributed by atoms with E-state index in [0.717, 1.165) is 22.8 Å². The molecule has 0 aliphatic heterocycles. The molecule has 2 saturated carbocycles. The Labute approximate surface area is 140 Å². The molecule has 0 heterocycles. The first-order valence-electron chi connectivity index (χ1n) is 7.61. The second-order valence-electron chi connectivity index (χ2n) is 5.98. The molecule has 114 valence electrons. The van der Waals surface area contributed by atoms with Gasteiger partial charge in [0.2, 0.25) is 5.91 Å². The molecule has 0 atom stereocenters. The van der Waals surface area contributed by atoms with Crippen LogP contribution in [0.2, 0.25) is 10.0 Å². The van der Waals surface area contributed by atoms with Crippen LogP contribution in [-0.4, -0.2) is 5.91 Å². The lowest BCUT2D eigenvalue weighted by Gasteiger charge is -2.23. The highest BCUT2D eigenvalue weighted by molar-refractivity contribution is 7.98. The average Bonchev–Trinajstić information content (AvgIpc) is 3.33. The number of halogens is 2. The number of carbonyl (C=O) groups excluding carboxylic acids is 1. The van der Waals surface area contributed by atoms with Crippen LogP contribution in [0.3, 0.4) is 0 Å². The fourth-order valence-corrected chi connectivity index (χ4v) is 4.26. The Morgan fingerprint density at radius 3 is 2.43 bits per heavy atom. The molecule has 0 saturated heterocycles. The van der Waals surface area contributed by atoms with Crippen molar-refractivity contribution in [3.8, 4) is 0 Å². The van der Waals surface area contributed by atoms with Gasteiger partial charge in [0.25, 0.3) is 0 Å². The summed E-state index contributed by atoms with van der Waals surface area (Å²) in [5, 5.41) is 1.45. The maximum absolute atomic E-state index is 11.7. The van der Waals surface area contributed by atoms with Gasteiger partial charge in [0.15, 0.2) is 0 Å². The number of hydrogen-bond acceptors (Lipinski definition) is 2. The molecule has 1 amide bonds. The highest BCUT2D eigenvalue weighted by Gasteiger charge is 2.29. The van der Waals surface area contributed by atoms with Gasteiger partial charge < -0.3 is 0 Å². The van der Waals surface area contributed by atoms with Crippen molar-refractivity contribution in [2.45, 2.75) is 55.8 Å². The fraction of sp³-hybridized carbons (Fsp3) is 0.562. The Hall–Kier alpha value is -0.380. The van der Waals surface area contributed by atoms with Crippen LogP contribution in [0, 0.1) is 5.92 Å². The molecule has 2 nitrogen and oxygen atoms in total. The lowest BCUT2D eigenvalue weighted by molar-refractivity contribution is -0.120. The van der Waals surface area contributed by atoms with Crippen molar-refractivity contribution in [3.63, 3.8) is 0 Å². The molecular weight excluding hydrogens is 325 g/mol. The third kappa shape index (κ3) is 3.88. The van der Waals surface area contributed by atoms with Crippen molar-refractivity contribution < 1.29 is 4.79 Å². The zero-order chi connectivity index (χ0) is 14.8. The first kappa shape index (κ1) is 15.5. The average molecular weight is 344 g/mol.